The molecule has 0 aromatic heterocycles. The van der Waals surface area contributed by atoms with Crippen LogP contribution in [0.25, 0.3) is 0 Å². The highest BCUT2D eigenvalue weighted by molar-refractivity contribution is 8.00. The molecule has 1 N–H and O–H groups in total. The van der Waals surface area contributed by atoms with Crippen LogP contribution in [0.5, 0.6) is 0 Å². The molecular weight excluding hydrogens is 252 g/mol. The number of rotatable bonds is 5. The van der Waals surface area contributed by atoms with E-state index in [0.717, 1.165) is 6.54 Å². The molecule has 19 heavy (non-hydrogen) atoms. The SMILES string of the molecule is CCC(C)(CNC(C)(C)C)CN1CCSC(C)(C)C1. The quantitative estimate of drug-likeness (QED) is 0.831. The number of nitrogens with zero attached hydrogens (tertiary/aromatic N) is 1. The summed E-state index contributed by atoms with van der Waals surface area (Å²) in [5, 5.41) is 3.69. The van der Waals surface area contributed by atoms with E-state index in [9.17, 15) is 0 Å². The molecule has 0 bridgehead atoms. The molecule has 0 aliphatic carbocycles. The first-order valence-corrected chi connectivity index (χ1v) is 8.65. The first kappa shape index (κ1) is 17.3. The van der Waals surface area contributed by atoms with Gasteiger partial charge in [0.2, 0.25) is 0 Å². The van der Waals surface area contributed by atoms with E-state index in [1.54, 1.807) is 0 Å². The van der Waals surface area contributed by atoms with Gasteiger partial charge in [-0.2, -0.15) is 11.8 Å². The van der Waals surface area contributed by atoms with E-state index in [2.05, 4.69) is 70.4 Å². The van der Waals surface area contributed by atoms with Gasteiger partial charge in [0.15, 0.2) is 0 Å². The molecule has 1 fully saturated rings. The highest BCUT2D eigenvalue weighted by atomic mass is 32.2. The molecule has 1 aliphatic heterocycles. The van der Waals surface area contributed by atoms with E-state index in [-0.39, 0.29) is 5.54 Å². The predicted molar refractivity (Wildman–Crippen MR) is 89.1 cm³/mol. The molecule has 0 spiro atoms. The van der Waals surface area contributed by atoms with Crippen LogP contribution in [0.3, 0.4) is 0 Å². The van der Waals surface area contributed by atoms with Crippen LogP contribution in [0.1, 0.15) is 54.9 Å². The maximum absolute atomic E-state index is 3.69. The van der Waals surface area contributed by atoms with Crippen molar-refractivity contribution in [3.8, 4) is 0 Å². The second-order valence-corrected chi connectivity index (χ2v) is 9.89. The Hall–Kier alpha value is 0.270. The highest BCUT2D eigenvalue weighted by Gasteiger charge is 2.32. The molecule has 1 unspecified atom stereocenters. The monoisotopic (exact) mass is 286 g/mol. The number of thioether (sulfide) groups is 1. The fourth-order valence-electron chi connectivity index (χ4n) is 2.56. The fourth-order valence-corrected chi connectivity index (χ4v) is 3.74. The summed E-state index contributed by atoms with van der Waals surface area (Å²) >= 11 is 2.12. The Morgan fingerprint density at radius 3 is 2.32 bits per heavy atom. The van der Waals surface area contributed by atoms with E-state index in [1.807, 2.05) is 0 Å². The van der Waals surface area contributed by atoms with Crippen molar-refractivity contribution in [2.24, 2.45) is 5.41 Å². The van der Waals surface area contributed by atoms with Crippen molar-refractivity contribution < 1.29 is 0 Å². The standard InChI is InChI=1S/C16H34N2S/c1-8-16(7,11-17-14(2,3)4)13-18-9-10-19-15(5,6)12-18/h17H,8-13H2,1-7H3. The highest BCUT2D eigenvalue weighted by Crippen LogP contribution is 2.32. The Morgan fingerprint density at radius 2 is 1.84 bits per heavy atom. The smallest absolute Gasteiger partial charge is 0.0231 e. The van der Waals surface area contributed by atoms with Gasteiger partial charge in [-0.05, 0) is 46.5 Å². The van der Waals surface area contributed by atoms with Crippen LogP contribution in [0.2, 0.25) is 0 Å². The molecule has 0 aromatic carbocycles. The van der Waals surface area contributed by atoms with Gasteiger partial charge in [-0.25, -0.2) is 0 Å². The first-order valence-electron chi connectivity index (χ1n) is 7.67. The van der Waals surface area contributed by atoms with Crippen molar-refractivity contribution in [3.05, 3.63) is 0 Å². The third-order valence-corrected chi connectivity index (χ3v) is 5.31. The summed E-state index contributed by atoms with van der Waals surface area (Å²) in [6, 6.07) is 0. The molecule has 114 valence electrons. The molecule has 0 radical (unpaired) electrons. The Kier molecular flexibility index (Phi) is 5.80. The van der Waals surface area contributed by atoms with Crippen molar-refractivity contribution >= 4 is 11.8 Å². The van der Waals surface area contributed by atoms with Gasteiger partial charge in [-0.1, -0.05) is 13.8 Å². The van der Waals surface area contributed by atoms with Gasteiger partial charge in [-0.15, -0.1) is 0 Å². The van der Waals surface area contributed by atoms with E-state index in [4.69, 9.17) is 0 Å². The molecule has 1 atom stereocenters. The topological polar surface area (TPSA) is 15.3 Å². The molecule has 1 rings (SSSR count). The maximum atomic E-state index is 3.69. The molecular formula is C16H34N2S. The zero-order valence-corrected chi connectivity index (χ0v) is 14.9. The Morgan fingerprint density at radius 1 is 1.21 bits per heavy atom. The van der Waals surface area contributed by atoms with Gasteiger partial charge in [0.05, 0.1) is 0 Å². The third-order valence-electron chi connectivity index (χ3n) is 4.01. The third kappa shape index (κ3) is 6.50. The van der Waals surface area contributed by atoms with E-state index in [1.165, 1.54) is 31.8 Å². The summed E-state index contributed by atoms with van der Waals surface area (Å²) in [6.07, 6.45) is 1.24. The Bertz CT molecular complexity index is 283. The fraction of sp³-hybridized carbons (Fsp3) is 1.00. The summed E-state index contributed by atoms with van der Waals surface area (Å²) < 4.78 is 0.421. The van der Waals surface area contributed by atoms with Crippen molar-refractivity contribution in [3.63, 3.8) is 0 Å². The minimum absolute atomic E-state index is 0.216. The number of hydrogen-bond acceptors (Lipinski definition) is 3. The summed E-state index contributed by atoms with van der Waals surface area (Å²) in [6.45, 7) is 21.1. The van der Waals surface area contributed by atoms with Crippen molar-refractivity contribution in [2.75, 3.05) is 31.9 Å². The molecule has 3 heteroatoms. The number of nitrogens with one attached hydrogen (secondary N) is 1. The van der Waals surface area contributed by atoms with Gasteiger partial charge < -0.3 is 10.2 Å². The van der Waals surface area contributed by atoms with Gasteiger partial charge in [0.25, 0.3) is 0 Å². The zero-order valence-electron chi connectivity index (χ0n) is 14.1. The molecule has 0 amide bonds. The van der Waals surface area contributed by atoms with Crippen molar-refractivity contribution in [2.45, 2.75) is 65.2 Å². The molecule has 2 nitrogen and oxygen atoms in total. The Labute approximate surface area is 125 Å². The molecule has 1 heterocycles. The molecule has 0 saturated carbocycles. The van der Waals surface area contributed by atoms with Crippen LogP contribution >= 0.6 is 11.8 Å². The first-order chi connectivity index (χ1) is 8.55. The van der Waals surface area contributed by atoms with Crippen LogP contribution in [-0.2, 0) is 0 Å². The lowest BCUT2D eigenvalue weighted by molar-refractivity contribution is 0.141. The number of hydrogen-bond donors (Lipinski definition) is 1. The van der Waals surface area contributed by atoms with Crippen LogP contribution in [0.4, 0.5) is 0 Å². The van der Waals surface area contributed by atoms with E-state index in [0.29, 0.717) is 10.2 Å². The predicted octanol–water partition coefficient (Wildman–Crippen LogP) is 3.62. The van der Waals surface area contributed by atoms with Gasteiger partial charge >= 0.3 is 0 Å². The Balaban J connectivity index is 2.55. The van der Waals surface area contributed by atoms with Crippen LogP contribution < -0.4 is 5.32 Å². The van der Waals surface area contributed by atoms with Gasteiger partial charge in [0, 0.05) is 42.2 Å². The van der Waals surface area contributed by atoms with Gasteiger partial charge in [0.1, 0.15) is 0 Å². The minimum Gasteiger partial charge on any atom is -0.311 e. The summed E-state index contributed by atoms with van der Waals surface area (Å²) in [4.78, 5) is 2.67. The zero-order chi connectivity index (χ0) is 14.7. The van der Waals surface area contributed by atoms with E-state index >= 15 is 0 Å². The molecule has 1 aliphatic rings. The van der Waals surface area contributed by atoms with Crippen LogP contribution in [0, 0.1) is 5.41 Å². The summed E-state index contributed by atoms with van der Waals surface area (Å²) in [5.74, 6) is 1.28. The average molecular weight is 287 g/mol. The minimum atomic E-state index is 0.216. The summed E-state index contributed by atoms with van der Waals surface area (Å²) in [5.41, 5.74) is 0.596. The van der Waals surface area contributed by atoms with Crippen molar-refractivity contribution in [1.29, 1.82) is 0 Å². The summed E-state index contributed by atoms with van der Waals surface area (Å²) in [7, 11) is 0. The van der Waals surface area contributed by atoms with Crippen LogP contribution in [-0.4, -0.2) is 47.1 Å². The molecule has 0 aromatic rings. The molecule has 1 saturated heterocycles. The van der Waals surface area contributed by atoms with Crippen molar-refractivity contribution in [1.82, 2.24) is 10.2 Å². The van der Waals surface area contributed by atoms with E-state index < -0.39 is 0 Å². The average Bonchev–Trinajstić information content (AvgIpc) is 2.24. The lowest BCUT2D eigenvalue weighted by atomic mass is 9.85. The lowest BCUT2D eigenvalue weighted by Gasteiger charge is -2.43. The van der Waals surface area contributed by atoms with Gasteiger partial charge in [-0.3, -0.25) is 0 Å². The maximum Gasteiger partial charge on any atom is 0.0231 e. The second kappa shape index (κ2) is 6.36. The van der Waals surface area contributed by atoms with Crippen LogP contribution in [0.15, 0.2) is 0 Å². The second-order valence-electron chi connectivity index (χ2n) is 8.09. The normalized spacial score (nSPS) is 24.2. The lowest BCUT2D eigenvalue weighted by Crippen LogP contribution is -2.51. The largest absolute Gasteiger partial charge is 0.311 e.